The third-order valence-electron chi connectivity index (χ3n) is 7.67. The first-order chi connectivity index (χ1) is 17.1. The van der Waals surface area contributed by atoms with Gasteiger partial charge in [0.25, 0.3) is 5.91 Å². The Bertz CT molecular complexity index is 1130. The number of pyridine rings is 2. The summed E-state index contributed by atoms with van der Waals surface area (Å²) in [7, 11) is 1.88. The summed E-state index contributed by atoms with van der Waals surface area (Å²) in [6.45, 7) is 6.24. The average molecular weight is 476 g/mol. The monoisotopic (exact) mass is 475 g/mol. The normalized spacial score (nSPS) is 19.3. The molecule has 0 aliphatic carbocycles. The van der Waals surface area contributed by atoms with Crippen molar-refractivity contribution < 1.29 is 4.79 Å². The minimum atomic E-state index is -0.1000. The van der Waals surface area contributed by atoms with Crippen LogP contribution in [0.1, 0.15) is 74.0 Å². The van der Waals surface area contributed by atoms with Gasteiger partial charge in [-0.25, -0.2) is 9.67 Å². The van der Waals surface area contributed by atoms with Crippen LogP contribution in [0.5, 0.6) is 0 Å². The van der Waals surface area contributed by atoms with Crippen molar-refractivity contribution in [3.63, 3.8) is 0 Å². The van der Waals surface area contributed by atoms with Gasteiger partial charge in [0.05, 0.1) is 5.39 Å². The first-order valence-corrected chi connectivity index (χ1v) is 13.1. The van der Waals surface area contributed by atoms with Crippen LogP contribution < -0.4 is 10.2 Å². The quantitative estimate of drug-likeness (QED) is 0.599. The number of hydrogen-bond donors (Lipinski definition) is 1. The van der Waals surface area contributed by atoms with Crippen LogP contribution in [-0.2, 0) is 7.05 Å². The molecule has 0 bridgehead atoms. The molecular weight excluding hydrogens is 438 g/mol. The highest BCUT2D eigenvalue weighted by atomic mass is 16.2. The second-order valence-corrected chi connectivity index (χ2v) is 10.0. The molecule has 8 heteroatoms. The molecule has 186 valence electrons. The van der Waals surface area contributed by atoms with E-state index in [1.54, 1.807) is 4.68 Å². The van der Waals surface area contributed by atoms with E-state index in [-0.39, 0.29) is 11.9 Å². The van der Waals surface area contributed by atoms with Crippen molar-refractivity contribution in [1.29, 1.82) is 0 Å². The molecule has 1 atom stereocenters. The molecule has 1 amide bonds. The molecule has 0 saturated carbocycles. The second kappa shape index (κ2) is 10.7. The van der Waals surface area contributed by atoms with Gasteiger partial charge in [0, 0.05) is 57.7 Å². The molecule has 3 aromatic heterocycles. The Morgan fingerprint density at radius 3 is 2.37 bits per heavy atom. The van der Waals surface area contributed by atoms with Gasteiger partial charge in [-0.2, -0.15) is 5.10 Å². The highest BCUT2D eigenvalue weighted by molar-refractivity contribution is 6.04. The second-order valence-electron chi connectivity index (χ2n) is 10.0. The number of anilines is 1. The van der Waals surface area contributed by atoms with Crippen molar-refractivity contribution in [3.8, 4) is 0 Å². The van der Waals surface area contributed by atoms with Gasteiger partial charge in [-0.1, -0.05) is 19.3 Å². The van der Waals surface area contributed by atoms with E-state index < -0.39 is 0 Å². The van der Waals surface area contributed by atoms with Crippen molar-refractivity contribution in [2.45, 2.75) is 64.0 Å². The van der Waals surface area contributed by atoms with Gasteiger partial charge in [-0.15, -0.1) is 0 Å². The predicted octanol–water partition coefficient (Wildman–Crippen LogP) is 4.09. The van der Waals surface area contributed by atoms with Crippen LogP contribution in [0.4, 0.5) is 5.82 Å². The molecule has 1 unspecified atom stereocenters. The van der Waals surface area contributed by atoms with E-state index in [1.807, 2.05) is 25.5 Å². The molecule has 35 heavy (non-hydrogen) atoms. The number of fused-ring (bicyclic) bond motifs is 1. The molecule has 0 radical (unpaired) electrons. The summed E-state index contributed by atoms with van der Waals surface area (Å²) in [4.78, 5) is 27.1. The van der Waals surface area contributed by atoms with E-state index in [1.165, 1.54) is 37.7 Å². The molecule has 0 aromatic carbocycles. The zero-order chi connectivity index (χ0) is 24.2. The lowest BCUT2D eigenvalue weighted by Gasteiger charge is -2.36. The van der Waals surface area contributed by atoms with E-state index in [0.717, 1.165) is 55.9 Å². The minimum Gasteiger partial charge on any atom is -0.357 e. The Kier molecular flexibility index (Phi) is 7.27. The fourth-order valence-electron chi connectivity index (χ4n) is 5.48. The Balaban J connectivity index is 1.23. The van der Waals surface area contributed by atoms with Crippen LogP contribution in [-0.4, -0.2) is 62.8 Å². The summed E-state index contributed by atoms with van der Waals surface area (Å²) in [5, 5.41) is 8.63. The van der Waals surface area contributed by atoms with Crippen LogP contribution in [0.25, 0.3) is 11.0 Å². The minimum absolute atomic E-state index is 0.1000. The van der Waals surface area contributed by atoms with Gasteiger partial charge >= 0.3 is 0 Å². The Morgan fingerprint density at radius 1 is 0.971 bits per heavy atom. The maximum Gasteiger partial charge on any atom is 0.272 e. The van der Waals surface area contributed by atoms with Crippen molar-refractivity contribution in [2.24, 2.45) is 7.05 Å². The molecule has 1 N–H and O–H groups in total. The largest absolute Gasteiger partial charge is 0.357 e. The smallest absolute Gasteiger partial charge is 0.272 e. The van der Waals surface area contributed by atoms with Gasteiger partial charge in [-0.3, -0.25) is 14.7 Å². The molecule has 2 aliphatic heterocycles. The summed E-state index contributed by atoms with van der Waals surface area (Å²) in [5.41, 5.74) is 2.53. The summed E-state index contributed by atoms with van der Waals surface area (Å²) in [5.74, 6) is 0.891. The fourth-order valence-corrected chi connectivity index (χ4v) is 5.48. The van der Waals surface area contributed by atoms with Crippen LogP contribution in [0.15, 0.2) is 36.7 Å². The molecular formula is C27H37N7O. The van der Waals surface area contributed by atoms with Crippen LogP contribution in [0.2, 0.25) is 0 Å². The molecule has 5 rings (SSSR count). The van der Waals surface area contributed by atoms with E-state index in [9.17, 15) is 4.79 Å². The van der Waals surface area contributed by atoms with Crippen molar-refractivity contribution in [3.05, 3.63) is 47.9 Å². The number of aryl methyl sites for hydroxylation is 1. The number of carbonyl (C=O) groups excluding carboxylic acids is 1. The van der Waals surface area contributed by atoms with Gasteiger partial charge in [0.2, 0.25) is 0 Å². The number of nitrogens with one attached hydrogen (secondary N) is 1. The fraction of sp³-hybridized carbons (Fsp3) is 0.556. The zero-order valence-corrected chi connectivity index (χ0v) is 21.0. The number of aromatic nitrogens is 4. The van der Waals surface area contributed by atoms with Gasteiger partial charge in [-0.05, 0) is 62.4 Å². The number of piperidine rings is 1. The third-order valence-corrected chi connectivity index (χ3v) is 7.67. The highest BCUT2D eigenvalue weighted by Crippen LogP contribution is 2.25. The molecule has 8 nitrogen and oxygen atoms in total. The molecule has 2 aliphatic rings. The summed E-state index contributed by atoms with van der Waals surface area (Å²) in [6.07, 6.45) is 11.9. The number of likely N-dealkylation sites (tertiary alicyclic amines) is 1. The van der Waals surface area contributed by atoms with E-state index in [4.69, 9.17) is 4.98 Å². The summed E-state index contributed by atoms with van der Waals surface area (Å²) < 4.78 is 1.75. The number of nitrogens with zero attached hydrogens (tertiary/aromatic N) is 6. The average Bonchev–Trinajstić information content (AvgIpc) is 3.20. The molecule has 2 fully saturated rings. The Labute approximate surface area is 207 Å². The topological polar surface area (TPSA) is 79.2 Å². The van der Waals surface area contributed by atoms with E-state index >= 15 is 0 Å². The third kappa shape index (κ3) is 5.32. The van der Waals surface area contributed by atoms with Gasteiger partial charge in [0.15, 0.2) is 11.3 Å². The lowest BCUT2D eigenvalue weighted by atomic mass is 10.0. The summed E-state index contributed by atoms with van der Waals surface area (Å²) in [6, 6.07) is 8.76. The maximum atomic E-state index is 13.2. The van der Waals surface area contributed by atoms with Crippen LogP contribution in [0, 0.1) is 0 Å². The van der Waals surface area contributed by atoms with Gasteiger partial charge in [0.1, 0.15) is 5.82 Å². The van der Waals surface area contributed by atoms with Crippen LogP contribution in [0.3, 0.4) is 0 Å². The standard InChI is InChI=1S/C27H37N7O/c1-20(21-10-14-28-15-11-21)33-18-12-22(13-19-33)29-27(35)25-23-8-9-24(30-26(23)32(2)31-25)34-16-6-4-3-5-7-17-34/h8-11,14-15,20,22H,3-7,12-13,16-19H2,1-2H3,(H,29,35). The molecule has 5 heterocycles. The summed E-state index contributed by atoms with van der Waals surface area (Å²) >= 11 is 0. The van der Waals surface area contributed by atoms with Crippen molar-refractivity contribution >= 4 is 22.8 Å². The number of amides is 1. The number of hydrogen-bond acceptors (Lipinski definition) is 6. The first-order valence-electron chi connectivity index (χ1n) is 13.1. The SMILES string of the molecule is CC(c1ccncc1)N1CCC(NC(=O)c2nn(C)c3nc(N4CCCCCCC4)ccc23)CC1. The van der Waals surface area contributed by atoms with E-state index in [2.05, 4.69) is 50.3 Å². The first kappa shape index (κ1) is 23.7. The zero-order valence-electron chi connectivity index (χ0n) is 21.0. The lowest BCUT2D eigenvalue weighted by molar-refractivity contribution is 0.0892. The highest BCUT2D eigenvalue weighted by Gasteiger charge is 2.26. The van der Waals surface area contributed by atoms with Gasteiger partial charge < -0.3 is 10.2 Å². The van der Waals surface area contributed by atoms with E-state index in [0.29, 0.717) is 11.7 Å². The lowest BCUT2D eigenvalue weighted by Crippen LogP contribution is -2.45. The maximum absolute atomic E-state index is 13.2. The molecule has 3 aromatic rings. The predicted molar refractivity (Wildman–Crippen MR) is 139 cm³/mol. The number of rotatable bonds is 5. The molecule has 0 spiro atoms. The number of carbonyl (C=O) groups is 1. The molecule has 2 saturated heterocycles. The van der Waals surface area contributed by atoms with Crippen molar-refractivity contribution in [1.82, 2.24) is 30.0 Å². The van der Waals surface area contributed by atoms with Crippen molar-refractivity contribution in [2.75, 3.05) is 31.1 Å². The van der Waals surface area contributed by atoms with Crippen LogP contribution >= 0.6 is 0 Å². The Hall–Kier alpha value is -3.00. The Morgan fingerprint density at radius 2 is 1.66 bits per heavy atom.